The van der Waals surface area contributed by atoms with Crippen molar-refractivity contribution >= 4 is 17.8 Å². The lowest BCUT2D eigenvalue weighted by atomic mass is 10.0. The number of methoxy groups -OCH3 is 2. The standard InChI is InChI=1S/C21H24N2O5/c1-27-17-10-8-16(9-11-17)20(25)23-18(14-15-6-4-3-5-7-15)21(26)22-13-12-19(24)28-2/h3-11,18H,12-14H2,1-2H3,(H,22,26)(H,23,25). The van der Waals surface area contributed by atoms with Crippen molar-refractivity contribution in [3.63, 3.8) is 0 Å². The van der Waals surface area contributed by atoms with Gasteiger partial charge in [-0.1, -0.05) is 30.3 Å². The minimum atomic E-state index is -0.783. The Labute approximate surface area is 164 Å². The van der Waals surface area contributed by atoms with Gasteiger partial charge in [0.2, 0.25) is 5.91 Å². The number of carbonyl (C=O) groups is 3. The van der Waals surface area contributed by atoms with Crippen LogP contribution in [0.5, 0.6) is 5.75 Å². The summed E-state index contributed by atoms with van der Waals surface area (Å²) in [5, 5.41) is 5.43. The minimum Gasteiger partial charge on any atom is -0.497 e. The molecule has 0 aliphatic rings. The van der Waals surface area contributed by atoms with Gasteiger partial charge in [0.05, 0.1) is 20.6 Å². The van der Waals surface area contributed by atoms with Crippen LogP contribution >= 0.6 is 0 Å². The van der Waals surface area contributed by atoms with Crippen LogP contribution in [0.1, 0.15) is 22.3 Å². The molecule has 0 saturated heterocycles. The first-order valence-electron chi connectivity index (χ1n) is 8.87. The Bertz CT molecular complexity index is 790. The average Bonchev–Trinajstić information content (AvgIpc) is 2.73. The normalized spacial score (nSPS) is 11.2. The number of benzene rings is 2. The van der Waals surface area contributed by atoms with E-state index in [4.69, 9.17) is 4.74 Å². The molecule has 148 valence electrons. The fourth-order valence-electron chi connectivity index (χ4n) is 2.56. The molecule has 0 saturated carbocycles. The van der Waals surface area contributed by atoms with Crippen LogP contribution in [-0.4, -0.2) is 44.6 Å². The maximum absolute atomic E-state index is 12.6. The lowest BCUT2D eigenvalue weighted by Gasteiger charge is -2.19. The second-order valence-corrected chi connectivity index (χ2v) is 6.06. The molecule has 0 bridgehead atoms. The predicted octanol–water partition coefficient (Wildman–Crippen LogP) is 1.72. The number of hydrogen-bond acceptors (Lipinski definition) is 5. The van der Waals surface area contributed by atoms with Gasteiger partial charge in [0.25, 0.3) is 5.91 Å². The largest absolute Gasteiger partial charge is 0.497 e. The first kappa shape index (κ1) is 21.0. The van der Waals surface area contributed by atoms with Crippen LogP contribution in [0.4, 0.5) is 0 Å². The molecule has 0 aliphatic heterocycles. The Hall–Kier alpha value is -3.35. The Morgan fingerprint density at radius 1 is 0.964 bits per heavy atom. The van der Waals surface area contributed by atoms with E-state index in [-0.39, 0.29) is 24.8 Å². The maximum atomic E-state index is 12.6. The van der Waals surface area contributed by atoms with E-state index in [9.17, 15) is 14.4 Å². The molecule has 2 rings (SSSR count). The highest BCUT2D eigenvalue weighted by molar-refractivity contribution is 5.97. The van der Waals surface area contributed by atoms with E-state index in [0.717, 1.165) is 5.56 Å². The van der Waals surface area contributed by atoms with Gasteiger partial charge in [0.15, 0.2) is 0 Å². The zero-order valence-electron chi connectivity index (χ0n) is 15.9. The topological polar surface area (TPSA) is 93.7 Å². The molecule has 2 N–H and O–H groups in total. The zero-order valence-corrected chi connectivity index (χ0v) is 15.9. The average molecular weight is 384 g/mol. The molecule has 0 heterocycles. The van der Waals surface area contributed by atoms with Crippen LogP contribution in [-0.2, 0) is 20.7 Å². The predicted molar refractivity (Wildman–Crippen MR) is 104 cm³/mol. The van der Waals surface area contributed by atoms with Crippen molar-refractivity contribution in [2.24, 2.45) is 0 Å². The lowest BCUT2D eigenvalue weighted by Crippen LogP contribution is -2.48. The highest BCUT2D eigenvalue weighted by atomic mass is 16.5. The summed E-state index contributed by atoms with van der Waals surface area (Å²) < 4.78 is 9.65. The molecule has 0 spiro atoms. The van der Waals surface area contributed by atoms with Gasteiger partial charge in [-0.2, -0.15) is 0 Å². The van der Waals surface area contributed by atoms with Crippen molar-refractivity contribution < 1.29 is 23.9 Å². The van der Waals surface area contributed by atoms with E-state index in [1.54, 1.807) is 31.4 Å². The van der Waals surface area contributed by atoms with Crippen molar-refractivity contribution in [3.05, 3.63) is 65.7 Å². The highest BCUT2D eigenvalue weighted by Crippen LogP contribution is 2.12. The highest BCUT2D eigenvalue weighted by Gasteiger charge is 2.22. The Morgan fingerprint density at radius 2 is 1.64 bits per heavy atom. The molecular formula is C21H24N2O5. The summed E-state index contributed by atoms with van der Waals surface area (Å²) in [7, 11) is 2.83. The Morgan fingerprint density at radius 3 is 2.25 bits per heavy atom. The van der Waals surface area contributed by atoms with Crippen LogP contribution < -0.4 is 15.4 Å². The van der Waals surface area contributed by atoms with Crippen LogP contribution in [0.3, 0.4) is 0 Å². The van der Waals surface area contributed by atoms with Crippen molar-refractivity contribution in [1.82, 2.24) is 10.6 Å². The van der Waals surface area contributed by atoms with Crippen LogP contribution in [0.15, 0.2) is 54.6 Å². The zero-order chi connectivity index (χ0) is 20.4. The second-order valence-electron chi connectivity index (χ2n) is 6.06. The summed E-state index contributed by atoms with van der Waals surface area (Å²) >= 11 is 0. The second kappa shape index (κ2) is 10.7. The first-order chi connectivity index (χ1) is 13.5. The summed E-state index contributed by atoms with van der Waals surface area (Å²) in [6.45, 7) is 0.134. The molecule has 7 nitrogen and oxygen atoms in total. The molecule has 2 aromatic rings. The Balaban J connectivity index is 2.06. The number of hydrogen-bond donors (Lipinski definition) is 2. The van der Waals surface area contributed by atoms with E-state index in [1.807, 2.05) is 30.3 Å². The van der Waals surface area contributed by atoms with Gasteiger partial charge in [-0.3, -0.25) is 14.4 Å². The van der Waals surface area contributed by atoms with Gasteiger partial charge in [-0.15, -0.1) is 0 Å². The van der Waals surface area contributed by atoms with Gasteiger partial charge in [-0.25, -0.2) is 0 Å². The number of nitrogens with one attached hydrogen (secondary N) is 2. The fraction of sp³-hybridized carbons (Fsp3) is 0.286. The molecule has 7 heteroatoms. The third kappa shape index (κ3) is 6.42. The number of carbonyl (C=O) groups excluding carboxylic acids is 3. The maximum Gasteiger partial charge on any atom is 0.307 e. The van der Waals surface area contributed by atoms with E-state index in [1.165, 1.54) is 7.11 Å². The van der Waals surface area contributed by atoms with Crippen molar-refractivity contribution in [2.45, 2.75) is 18.9 Å². The Kier molecular flexibility index (Phi) is 8.02. The number of rotatable bonds is 9. The fourth-order valence-corrected chi connectivity index (χ4v) is 2.56. The van der Waals surface area contributed by atoms with Gasteiger partial charge < -0.3 is 20.1 Å². The smallest absolute Gasteiger partial charge is 0.307 e. The summed E-state index contributed by atoms with van der Waals surface area (Å²) in [5.74, 6) is -0.513. The molecule has 28 heavy (non-hydrogen) atoms. The van der Waals surface area contributed by atoms with Crippen molar-refractivity contribution in [3.8, 4) is 5.75 Å². The number of esters is 1. The third-order valence-electron chi connectivity index (χ3n) is 4.11. The van der Waals surface area contributed by atoms with E-state index in [2.05, 4.69) is 15.4 Å². The summed E-state index contributed by atoms with van der Waals surface area (Å²) in [4.78, 5) is 36.4. The van der Waals surface area contributed by atoms with Crippen molar-refractivity contribution in [2.75, 3.05) is 20.8 Å². The van der Waals surface area contributed by atoms with E-state index < -0.39 is 12.0 Å². The molecule has 1 unspecified atom stereocenters. The molecule has 0 fully saturated rings. The number of amides is 2. The summed E-state index contributed by atoms with van der Waals surface area (Å²) in [6.07, 6.45) is 0.388. The first-order valence-corrected chi connectivity index (χ1v) is 8.87. The third-order valence-corrected chi connectivity index (χ3v) is 4.11. The molecule has 1 atom stereocenters. The summed E-state index contributed by atoms with van der Waals surface area (Å²) in [6, 6.07) is 15.2. The van der Waals surface area contributed by atoms with Crippen LogP contribution in [0, 0.1) is 0 Å². The van der Waals surface area contributed by atoms with Crippen molar-refractivity contribution in [1.29, 1.82) is 0 Å². The monoisotopic (exact) mass is 384 g/mol. The van der Waals surface area contributed by atoms with Crippen LogP contribution in [0.25, 0.3) is 0 Å². The molecule has 0 aliphatic carbocycles. The minimum absolute atomic E-state index is 0.0622. The summed E-state index contributed by atoms with van der Waals surface area (Å²) in [5.41, 5.74) is 1.33. The van der Waals surface area contributed by atoms with E-state index in [0.29, 0.717) is 17.7 Å². The SMILES string of the molecule is COC(=O)CCNC(=O)C(Cc1ccccc1)NC(=O)c1ccc(OC)cc1. The molecule has 2 amide bonds. The lowest BCUT2D eigenvalue weighted by molar-refractivity contribution is -0.140. The number of ether oxygens (including phenoxy) is 2. The molecule has 0 radical (unpaired) electrons. The van der Waals surface area contributed by atoms with Gasteiger partial charge in [0.1, 0.15) is 11.8 Å². The molecular weight excluding hydrogens is 360 g/mol. The van der Waals surface area contributed by atoms with Crippen LogP contribution in [0.2, 0.25) is 0 Å². The molecule has 2 aromatic carbocycles. The van der Waals surface area contributed by atoms with Gasteiger partial charge in [-0.05, 0) is 29.8 Å². The quantitative estimate of drug-likeness (QED) is 0.642. The molecule has 0 aromatic heterocycles. The van der Waals surface area contributed by atoms with Gasteiger partial charge in [0, 0.05) is 18.5 Å². The van der Waals surface area contributed by atoms with E-state index >= 15 is 0 Å². The van der Waals surface area contributed by atoms with Gasteiger partial charge >= 0.3 is 5.97 Å².